The number of methoxy groups -OCH3 is 1. The molecule has 5 heteroatoms. The Balaban J connectivity index is 2.31. The lowest BCUT2D eigenvalue weighted by molar-refractivity contribution is 0.194. The molecule has 1 aromatic rings. The van der Waals surface area contributed by atoms with Gasteiger partial charge in [-0.3, -0.25) is 0 Å². The minimum atomic E-state index is 0.286. The summed E-state index contributed by atoms with van der Waals surface area (Å²) in [5, 5.41) is 3.48. The SMILES string of the molecule is COCCCCNc1cc(C)nc(Cl)n1. The molecule has 0 aromatic carbocycles. The van der Waals surface area contributed by atoms with Gasteiger partial charge in [0.05, 0.1) is 0 Å². The maximum absolute atomic E-state index is 5.73. The van der Waals surface area contributed by atoms with Crippen molar-refractivity contribution in [3.63, 3.8) is 0 Å². The second-order valence-corrected chi connectivity index (χ2v) is 3.63. The zero-order chi connectivity index (χ0) is 11.1. The van der Waals surface area contributed by atoms with Crippen LogP contribution < -0.4 is 5.32 Å². The lowest BCUT2D eigenvalue weighted by Crippen LogP contribution is -2.05. The number of rotatable bonds is 6. The van der Waals surface area contributed by atoms with Gasteiger partial charge in [0.15, 0.2) is 0 Å². The number of anilines is 1. The van der Waals surface area contributed by atoms with E-state index in [1.807, 2.05) is 13.0 Å². The van der Waals surface area contributed by atoms with Crippen molar-refractivity contribution in [2.24, 2.45) is 0 Å². The van der Waals surface area contributed by atoms with E-state index in [-0.39, 0.29) is 5.28 Å². The Morgan fingerprint density at radius 1 is 1.40 bits per heavy atom. The van der Waals surface area contributed by atoms with Crippen LogP contribution in [0.15, 0.2) is 6.07 Å². The van der Waals surface area contributed by atoms with Crippen molar-refractivity contribution in [3.8, 4) is 0 Å². The monoisotopic (exact) mass is 229 g/mol. The number of nitrogens with zero attached hydrogens (tertiary/aromatic N) is 2. The van der Waals surface area contributed by atoms with Crippen molar-refractivity contribution in [2.75, 3.05) is 25.6 Å². The van der Waals surface area contributed by atoms with E-state index in [2.05, 4.69) is 15.3 Å². The average molecular weight is 230 g/mol. The minimum Gasteiger partial charge on any atom is -0.385 e. The fourth-order valence-electron chi connectivity index (χ4n) is 1.21. The number of hydrogen-bond donors (Lipinski definition) is 1. The first-order valence-corrected chi connectivity index (χ1v) is 5.34. The third-order valence-corrected chi connectivity index (χ3v) is 2.08. The van der Waals surface area contributed by atoms with Crippen LogP contribution in [-0.4, -0.2) is 30.2 Å². The molecule has 0 aliphatic rings. The molecule has 0 atom stereocenters. The van der Waals surface area contributed by atoms with Crippen LogP contribution >= 0.6 is 11.6 Å². The van der Waals surface area contributed by atoms with Crippen LogP contribution in [0.5, 0.6) is 0 Å². The van der Waals surface area contributed by atoms with E-state index in [1.54, 1.807) is 7.11 Å². The van der Waals surface area contributed by atoms with E-state index >= 15 is 0 Å². The molecule has 0 bridgehead atoms. The second kappa shape index (κ2) is 6.58. The van der Waals surface area contributed by atoms with Crippen molar-refractivity contribution < 1.29 is 4.74 Å². The van der Waals surface area contributed by atoms with Crippen molar-refractivity contribution in [1.29, 1.82) is 0 Å². The van der Waals surface area contributed by atoms with E-state index in [0.717, 1.165) is 37.5 Å². The van der Waals surface area contributed by atoms with Crippen LogP contribution in [0.3, 0.4) is 0 Å². The Bertz CT molecular complexity index is 286. The largest absolute Gasteiger partial charge is 0.385 e. The van der Waals surface area contributed by atoms with Gasteiger partial charge in [0, 0.05) is 32.0 Å². The summed E-state index contributed by atoms with van der Waals surface area (Å²) in [5.41, 5.74) is 0.870. The number of halogens is 1. The van der Waals surface area contributed by atoms with E-state index in [4.69, 9.17) is 16.3 Å². The Labute approximate surface area is 95.0 Å². The summed E-state index contributed by atoms with van der Waals surface area (Å²) in [6.07, 6.45) is 2.09. The molecule has 0 fully saturated rings. The van der Waals surface area contributed by atoms with Gasteiger partial charge in [-0.1, -0.05) is 0 Å². The van der Waals surface area contributed by atoms with Crippen molar-refractivity contribution in [2.45, 2.75) is 19.8 Å². The lowest BCUT2D eigenvalue weighted by Gasteiger charge is -2.05. The zero-order valence-corrected chi connectivity index (χ0v) is 9.84. The first kappa shape index (κ1) is 12.2. The Morgan fingerprint density at radius 2 is 2.20 bits per heavy atom. The number of hydrogen-bond acceptors (Lipinski definition) is 4. The average Bonchev–Trinajstić information content (AvgIpc) is 2.16. The van der Waals surface area contributed by atoms with Crippen molar-refractivity contribution >= 4 is 17.4 Å². The maximum Gasteiger partial charge on any atom is 0.224 e. The molecule has 1 aromatic heterocycles. The minimum absolute atomic E-state index is 0.286. The van der Waals surface area contributed by atoms with Crippen LogP contribution in [0.4, 0.5) is 5.82 Å². The highest BCUT2D eigenvalue weighted by atomic mass is 35.5. The predicted octanol–water partition coefficient (Wildman–Crippen LogP) is 2.28. The quantitative estimate of drug-likeness (QED) is 0.601. The first-order chi connectivity index (χ1) is 7.22. The lowest BCUT2D eigenvalue weighted by atomic mass is 10.3. The fourth-order valence-corrected chi connectivity index (χ4v) is 1.44. The molecule has 0 radical (unpaired) electrons. The topological polar surface area (TPSA) is 47.0 Å². The van der Waals surface area contributed by atoms with Crippen molar-refractivity contribution in [1.82, 2.24) is 9.97 Å². The Kier molecular flexibility index (Phi) is 5.36. The molecular formula is C10H16ClN3O. The summed E-state index contributed by atoms with van der Waals surface area (Å²) >= 11 is 5.73. The van der Waals surface area contributed by atoms with Gasteiger partial charge in [-0.2, -0.15) is 0 Å². The highest BCUT2D eigenvalue weighted by Gasteiger charge is 1.98. The molecule has 0 unspecified atom stereocenters. The molecule has 4 nitrogen and oxygen atoms in total. The second-order valence-electron chi connectivity index (χ2n) is 3.29. The molecule has 1 rings (SSSR count). The van der Waals surface area contributed by atoms with Gasteiger partial charge >= 0.3 is 0 Å². The van der Waals surface area contributed by atoms with Gasteiger partial charge in [0.1, 0.15) is 5.82 Å². The molecule has 0 aliphatic heterocycles. The summed E-state index contributed by atoms with van der Waals surface area (Å²) < 4.78 is 4.96. The van der Waals surface area contributed by atoms with Gasteiger partial charge in [-0.05, 0) is 31.4 Å². The number of unbranched alkanes of at least 4 members (excludes halogenated alkanes) is 1. The highest BCUT2D eigenvalue weighted by Crippen LogP contribution is 2.09. The number of aromatic nitrogens is 2. The number of aryl methyl sites for hydroxylation is 1. The predicted molar refractivity (Wildman–Crippen MR) is 61.4 cm³/mol. The molecule has 0 amide bonds. The van der Waals surface area contributed by atoms with Gasteiger partial charge < -0.3 is 10.1 Å². The maximum atomic E-state index is 5.73. The molecule has 0 spiro atoms. The highest BCUT2D eigenvalue weighted by molar-refractivity contribution is 6.28. The molecule has 0 saturated carbocycles. The number of nitrogens with one attached hydrogen (secondary N) is 1. The van der Waals surface area contributed by atoms with Gasteiger partial charge in [-0.15, -0.1) is 0 Å². The summed E-state index contributed by atoms with van der Waals surface area (Å²) in [5.74, 6) is 0.782. The third kappa shape index (κ3) is 4.95. The Morgan fingerprint density at radius 3 is 2.87 bits per heavy atom. The summed E-state index contributed by atoms with van der Waals surface area (Å²) in [6.45, 7) is 3.56. The molecule has 84 valence electrons. The van der Waals surface area contributed by atoms with Gasteiger partial charge in [0.2, 0.25) is 5.28 Å². The summed E-state index contributed by atoms with van der Waals surface area (Å²) in [4.78, 5) is 8.05. The zero-order valence-electron chi connectivity index (χ0n) is 9.09. The summed E-state index contributed by atoms with van der Waals surface area (Å²) in [7, 11) is 1.71. The normalized spacial score (nSPS) is 10.3. The van der Waals surface area contributed by atoms with E-state index < -0.39 is 0 Å². The molecule has 15 heavy (non-hydrogen) atoms. The van der Waals surface area contributed by atoms with Gasteiger partial charge in [-0.25, -0.2) is 9.97 Å². The van der Waals surface area contributed by atoms with Crippen LogP contribution in [0.2, 0.25) is 5.28 Å². The third-order valence-electron chi connectivity index (χ3n) is 1.91. The van der Waals surface area contributed by atoms with Crippen molar-refractivity contribution in [3.05, 3.63) is 17.0 Å². The van der Waals surface area contributed by atoms with Crippen LogP contribution in [0.25, 0.3) is 0 Å². The molecular weight excluding hydrogens is 214 g/mol. The van der Waals surface area contributed by atoms with E-state index in [9.17, 15) is 0 Å². The standard InChI is InChI=1S/C10H16ClN3O/c1-8-7-9(14-10(11)13-8)12-5-3-4-6-15-2/h7H,3-6H2,1-2H3,(H,12,13,14). The van der Waals surface area contributed by atoms with E-state index in [1.165, 1.54) is 0 Å². The van der Waals surface area contributed by atoms with Crippen LogP contribution in [-0.2, 0) is 4.74 Å². The molecule has 1 N–H and O–H groups in total. The Hall–Kier alpha value is -0.870. The smallest absolute Gasteiger partial charge is 0.224 e. The molecule has 1 heterocycles. The molecule has 0 saturated heterocycles. The van der Waals surface area contributed by atoms with Crippen LogP contribution in [0.1, 0.15) is 18.5 Å². The fraction of sp³-hybridized carbons (Fsp3) is 0.600. The number of ether oxygens (including phenoxy) is 1. The summed E-state index contributed by atoms with van der Waals surface area (Å²) in [6, 6.07) is 1.88. The van der Waals surface area contributed by atoms with Gasteiger partial charge in [0.25, 0.3) is 0 Å². The first-order valence-electron chi connectivity index (χ1n) is 4.96. The van der Waals surface area contributed by atoms with E-state index in [0.29, 0.717) is 0 Å². The van der Waals surface area contributed by atoms with Crippen LogP contribution in [0, 0.1) is 6.92 Å². The molecule has 0 aliphatic carbocycles.